The molecule has 2 aromatic heterocycles. The third kappa shape index (κ3) is 2.78. The van der Waals surface area contributed by atoms with Gasteiger partial charge in [-0.15, -0.1) is 0 Å². The Bertz CT molecular complexity index is 1500. The van der Waals surface area contributed by atoms with E-state index in [0.717, 1.165) is 83.0 Å². The van der Waals surface area contributed by atoms with Crippen LogP contribution in [0.25, 0.3) is 32.9 Å². The van der Waals surface area contributed by atoms with E-state index in [0.29, 0.717) is 17.4 Å². The molecule has 2 fully saturated rings. The smallest absolute Gasteiger partial charge is 0.350 e. The van der Waals surface area contributed by atoms with Crippen molar-refractivity contribution in [3.05, 3.63) is 45.5 Å². The van der Waals surface area contributed by atoms with Gasteiger partial charge in [-0.3, -0.25) is 9.67 Å². The number of aryl methyl sites for hydroxylation is 1. The van der Waals surface area contributed by atoms with E-state index in [1.807, 2.05) is 16.8 Å². The zero-order chi connectivity index (χ0) is 22.3. The molecule has 8 heteroatoms. The fraction of sp³-hybridized carbons (Fsp3) is 0.400. The van der Waals surface area contributed by atoms with E-state index in [1.54, 1.807) is 0 Å². The van der Waals surface area contributed by atoms with Gasteiger partial charge in [-0.05, 0) is 62.3 Å². The molecule has 4 aromatic rings. The first-order valence-corrected chi connectivity index (χ1v) is 12.1. The van der Waals surface area contributed by atoms with Gasteiger partial charge in [-0.1, -0.05) is 17.7 Å². The highest BCUT2D eigenvalue weighted by atomic mass is 35.5. The summed E-state index contributed by atoms with van der Waals surface area (Å²) in [6.45, 7) is 3.50. The van der Waals surface area contributed by atoms with Crippen molar-refractivity contribution in [1.82, 2.24) is 19.7 Å². The molecule has 0 spiro atoms. The standard InChI is InChI=1S/C25H24ClN5O2/c1-13-5-8-18-17(11-27-29-18)20(13)16-10-19-21-23(22(16)26)33-12-15-4-2-3-9-30(15)24(21)28-25(32)31(19)14-6-7-14/h5,8,10-11,14-15H,2-4,6-7,9,12H2,1H3,(H,27,29)/t15-/m0/s1. The lowest BCUT2D eigenvalue weighted by atomic mass is 9.95. The number of aromatic nitrogens is 4. The van der Waals surface area contributed by atoms with Crippen LogP contribution in [0.5, 0.6) is 5.75 Å². The first-order valence-electron chi connectivity index (χ1n) is 11.7. The molecule has 0 unspecified atom stereocenters. The Labute approximate surface area is 195 Å². The van der Waals surface area contributed by atoms with Gasteiger partial charge in [0.1, 0.15) is 12.4 Å². The molecular formula is C25H24ClN5O2. The number of hydrogen-bond acceptors (Lipinski definition) is 5. The van der Waals surface area contributed by atoms with Crippen LogP contribution >= 0.6 is 11.6 Å². The van der Waals surface area contributed by atoms with Crippen molar-refractivity contribution in [2.75, 3.05) is 18.1 Å². The number of rotatable bonds is 2. The number of anilines is 1. The number of aromatic amines is 1. The summed E-state index contributed by atoms with van der Waals surface area (Å²) in [7, 11) is 0. The van der Waals surface area contributed by atoms with Crippen molar-refractivity contribution in [3.63, 3.8) is 0 Å². The van der Waals surface area contributed by atoms with E-state index < -0.39 is 0 Å². The van der Waals surface area contributed by atoms with E-state index in [2.05, 4.69) is 39.1 Å². The summed E-state index contributed by atoms with van der Waals surface area (Å²) in [4.78, 5) is 20.2. The van der Waals surface area contributed by atoms with Gasteiger partial charge in [0.15, 0.2) is 5.75 Å². The van der Waals surface area contributed by atoms with Gasteiger partial charge >= 0.3 is 5.69 Å². The average molecular weight is 462 g/mol. The van der Waals surface area contributed by atoms with Gasteiger partial charge in [-0.2, -0.15) is 10.1 Å². The fourth-order valence-corrected chi connectivity index (χ4v) is 5.96. The first kappa shape index (κ1) is 19.4. The minimum absolute atomic E-state index is 0.177. The van der Waals surface area contributed by atoms with Gasteiger partial charge in [0.2, 0.25) is 0 Å². The Balaban J connectivity index is 1.61. The van der Waals surface area contributed by atoms with Gasteiger partial charge in [0.25, 0.3) is 0 Å². The van der Waals surface area contributed by atoms with Crippen LogP contribution in [0.1, 0.15) is 43.7 Å². The van der Waals surface area contributed by atoms with E-state index in [9.17, 15) is 4.79 Å². The van der Waals surface area contributed by atoms with E-state index in [-0.39, 0.29) is 17.8 Å². The predicted molar refractivity (Wildman–Crippen MR) is 130 cm³/mol. The zero-order valence-electron chi connectivity index (χ0n) is 18.4. The van der Waals surface area contributed by atoms with Crippen LogP contribution in [-0.4, -0.2) is 38.9 Å². The highest BCUT2D eigenvalue weighted by molar-refractivity contribution is 6.37. The van der Waals surface area contributed by atoms with Gasteiger partial charge < -0.3 is 9.64 Å². The highest BCUT2D eigenvalue weighted by Gasteiger charge is 2.36. The number of H-pyrrole nitrogens is 1. The molecule has 1 saturated heterocycles. The van der Waals surface area contributed by atoms with E-state index >= 15 is 0 Å². The quantitative estimate of drug-likeness (QED) is 0.455. The SMILES string of the molecule is Cc1ccc2[nH]ncc2c1-c1cc2c3c(nc(=O)n2C2CC2)N2CCCC[C@H]2COc3c1Cl. The molecular weight excluding hydrogens is 438 g/mol. The molecule has 0 radical (unpaired) electrons. The molecule has 1 atom stereocenters. The minimum atomic E-state index is -0.177. The van der Waals surface area contributed by atoms with Crippen LogP contribution in [0, 0.1) is 6.92 Å². The van der Waals surface area contributed by atoms with Crippen molar-refractivity contribution >= 4 is 39.2 Å². The highest BCUT2D eigenvalue weighted by Crippen LogP contribution is 2.49. The third-order valence-electron chi connectivity index (χ3n) is 7.42. The summed E-state index contributed by atoms with van der Waals surface area (Å²) in [5, 5.41) is 9.76. The van der Waals surface area contributed by atoms with Crippen LogP contribution in [-0.2, 0) is 0 Å². The number of ether oxygens (including phenoxy) is 1. The van der Waals surface area contributed by atoms with Gasteiger partial charge in [0, 0.05) is 23.5 Å². The molecule has 3 aliphatic rings. The second kappa shape index (κ2) is 6.97. The summed E-state index contributed by atoms with van der Waals surface area (Å²) in [6, 6.07) is 6.57. The van der Waals surface area contributed by atoms with Crippen LogP contribution in [0.3, 0.4) is 0 Å². The molecule has 4 heterocycles. The lowest BCUT2D eigenvalue weighted by Gasteiger charge is -2.35. The summed E-state index contributed by atoms with van der Waals surface area (Å²) < 4.78 is 8.32. The van der Waals surface area contributed by atoms with Gasteiger partial charge in [0.05, 0.1) is 33.7 Å². The van der Waals surface area contributed by atoms with Crippen LogP contribution in [0.4, 0.5) is 5.82 Å². The topological polar surface area (TPSA) is 76.0 Å². The number of halogens is 1. The average Bonchev–Trinajstić information content (AvgIpc) is 3.56. The molecule has 1 N–H and O–H groups in total. The van der Waals surface area contributed by atoms with E-state index in [4.69, 9.17) is 16.3 Å². The number of benzene rings is 2. The van der Waals surface area contributed by atoms with Crippen molar-refractivity contribution in [3.8, 4) is 16.9 Å². The third-order valence-corrected chi connectivity index (χ3v) is 7.80. The number of fused-ring (bicyclic) bond motifs is 3. The maximum absolute atomic E-state index is 13.3. The van der Waals surface area contributed by atoms with Crippen LogP contribution < -0.4 is 15.3 Å². The summed E-state index contributed by atoms with van der Waals surface area (Å²) in [5.74, 6) is 1.38. The Morgan fingerprint density at radius 3 is 2.91 bits per heavy atom. The number of nitrogens with one attached hydrogen (secondary N) is 1. The van der Waals surface area contributed by atoms with Crippen molar-refractivity contribution in [2.24, 2.45) is 0 Å². The normalized spacial score (nSPS) is 20.1. The molecule has 0 bridgehead atoms. The minimum Gasteiger partial charge on any atom is -0.489 e. The number of hydrogen-bond donors (Lipinski definition) is 1. The maximum Gasteiger partial charge on any atom is 0.350 e. The lowest BCUT2D eigenvalue weighted by molar-refractivity contribution is 0.268. The molecule has 33 heavy (non-hydrogen) atoms. The lowest BCUT2D eigenvalue weighted by Crippen LogP contribution is -2.43. The summed E-state index contributed by atoms with van der Waals surface area (Å²) >= 11 is 7.14. The number of nitrogens with zero attached hydrogens (tertiary/aromatic N) is 4. The second-order valence-corrected chi connectivity index (χ2v) is 9.90. The Morgan fingerprint density at radius 2 is 2.06 bits per heavy atom. The fourth-order valence-electron chi connectivity index (χ4n) is 5.66. The molecule has 0 amide bonds. The molecule has 1 aliphatic carbocycles. The first-order chi connectivity index (χ1) is 16.1. The molecule has 168 valence electrons. The van der Waals surface area contributed by atoms with Crippen LogP contribution in [0.2, 0.25) is 5.02 Å². The Morgan fingerprint density at radius 1 is 1.18 bits per heavy atom. The Hall–Kier alpha value is -3.06. The van der Waals surface area contributed by atoms with E-state index in [1.165, 1.54) is 0 Å². The van der Waals surface area contributed by atoms with Crippen LogP contribution in [0.15, 0.2) is 29.2 Å². The summed E-state index contributed by atoms with van der Waals surface area (Å²) in [6.07, 6.45) is 7.10. The van der Waals surface area contributed by atoms with Crippen molar-refractivity contribution < 1.29 is 4.74 Å². The molecule has 7 rings (SSSR count). The van der Waals surface area contributed by atoms with Crippen molar-refractivity contribution in [1.29, 1.82) is 0 Å². The largest absolute Gasteiger partial charge is 0.489 e. The monoisotopic (exact) mass is 461 g/mol. The Kier molecular flexibility index (Phi) is 4.10. The predicted octanol–water partition coefficient (Wildman–Crippen LogP) is 4.99. The van der Waals surface area contributed by atoms with Crippen molar-refractivity contribution in [2.45, 2.75) is 51.1 Å². The summed E-state index contributed by atoms with van der Waals surface area (Å²) in [5.41, 5.74) is 4.62. The molecule has 2 aromatic carbocycles. The molecule has 1 saturated carbocycles. The zero-order valence-corrected chi connectivity index (χ0v) is 19.2. The molecule has 7 nitrogen and oxygen atoms in total. The molecule has 2 aliphatic heterocycles. The van der Waals surface area contributed by atoms with Gasteiger partial charge in [-0.25, -0.2) is 4.79 Å². The second-order valence-electron chi connectivity index (χ2n) is 9.52. The number of piperidine rings is 1. The maximum atomic E-state index is 13.3.